The molecule has 0 unspecified atom stereocenters. The van der Waals surface area contributed by atoms with Crippen LogP contribution in [0.2, 0.25) is 5.02 Å². The van der Waals surface area contributed by atoms with Gasteiger partial charge in [-0.2, -0.15) is 0 Å². The summed E-state index contributed by atoms with van der Waals surface area (Å²) in [6, 6.07) is 8.94. The number of piperazine rings is 1. The number of amides is 2. The fourth-order valence-corrected chi connectivity index (χ4v) is 3.39. The minimum atomic E-state index is -0.429. The Morgan fingerprint density at radius 2 is 2.08 bits per heavy atom. The lowest BCUT2D eigenvalue weighted by Crippen LogP contribution is -2.47. The maximum absolute atomic E-state index is 13.1. The van der Waals surface area contributed by atoms with Crippen molar-refractivity contribution in [2.45, 2.75) is 0 Å². The lowest BCUT2D eigenvalue weighted by Gasteiger charge is -2.29. The van der Waals surface area contributed by atoms with Crippen LogP contribution in [0.1, 0.15) is 10.4 Å². The molecule has 0 atom stereocenters. The molecule has 8 heteroatoms. The third-order valence-electron chi connectivity index (χ3n) is 3.76. The molecule has 3 rings (SSSR count). The molecule has 1 aliphatic heterocycles. The molecular formula is C17H14BrClFN3O2. The van der Waals surface area contributed by atoms with Crippen molar-refractivity contribution in [2.75, 3.05) is 29.9 Å². The van der Waals surface area contributed by atoms with Crippen LogP contribution in [0.25, 0.3) is 0 Å². The second kappa shape index (κ2) is 7.41. The lowest BCUT2D eigenvalue weighted by atomic mass is 10.2. The third kappa shape index (κ3) is 4.11. The van der Waals surface area contributed by atoms with Crippen molar-refractivity contribution in [3.63, 3.8) is 0 Å². The molecular weight excluding hydrogens is 413 g/mol. The van der Waals surface area contributed by atoms with Gasteiger partial charge in [0.15, 0.2) is 0 Å². The summed E-state index contributed by atoms with van der Waals surface area (Å²) in [5.41, 5.74) is 1.56. The van der Waals surface area contributed by atoms with Crippen LogP contribution in [0.5, 0.6) is 0 Å². The first-order chi connectivity index (χ1) is 11.9. The second-order valence-electron chi connectivity index (χ2n) is 5.52. The van der Waals surface area contributed by atoms with Crippen LogP contribution in [0.15, 0.2) is 40.9 Å². The highest BCUT2D eigenvalue weighted by Crippen LogP contribution is 2.30. The van der Waals surface area contributed by atoms with Gasteiger partial charge < -0.3 is 15.5 Å². The van der Waals surface area contributed by atoms with Gasteiger partial charge in [-0.1, -0.05) is 11.6 Å². The number of carbonyl (C=O) groups is 2. The molecule has 0 saturated carbocycles. The van der Waals surface area contributed by atoms with Gasteiger partial charge in [-0.3, -0.25) is 9.59 Å². The van der Waals surface area contributed by atoms with E-state index in [1.165, 1.54) is 18.2 Å². The number of nitrogens with zero attached hydrogens (tertiary/aromatic N) is 1. The lowest BCUT2D eigenvalue weighted by molar-refractivity contribution is -0.120. The molecule has 0 radical (unpaired) electrons. The number of rotatable bonds is 3. The zero-order chi connectivity index (χ0) is 18.0. The van der Waals surface area contributed by atoms with Crippen LogP contribution < -0.4 is 15.5 Å². The van der Waals surface area contributed by atoms with Crippen molar-refractivity contribution in [3.05, 3.63) is 57.3 Å². The minimum Gasteiger partial charge on any atom is -0.359 e. The number of benzene rings is 2. The molecule has 130 valence electrons. The number of hydrogen-bond donors (Lipinski definition) is 2. The van der Waals surface area contributed by atoms with Gasteiger partial charge in [-0.15, -0.1) is 0 Å². The van der Waals surface area contributed by atoms with E-state index in [4.69, 9.17) is 11.6 Å². The Balaban J connectivity index is 1.76. The van der Waals surface area contributed by atoms with Gasteiger partial charge >= 0.3 is 0 Å². The molecule has 2 aromatic carbocycles. The Labute approximate surface area is 157 Å². The van der Waals surface area contributed by atoms with Crippen LogP contribution in [-0.2, 0) is 4.79 Å². The molecule has 2 N–H and O–H groups in total. The van der Waals surface area contributed by atoms with E-state index in [0.29, 0.717) is 33.8 Å². The Hall–Kier alpha value is -2.12. The molecule has 2 amide bonds. The minimum absolute atomic E-state index is 0.0548. The first kappa shape index (κ1) is 17.7. The van der Waals surface area contributed by atoms with Crippen LogP contribution >= 0.6 is 27.5 Å². The first-order valence-electron chi connectivity index (χ1n) is 7.51. The van der Waals surface area contributed by atoms with Crippen LogP contribution in [0, 0.1) is 5.82 Å². The standard InChI is InChI=1S/C17H14BrClFN3O2/c18-13-7-10(20)1-3-12(13)17(25)22-11-2-4-15(14(19)8-11)23-6-5-21-16(24)9-23/h1-4,7-8H,5-6,9H2,(H,21,24)(H,22,25). The molecule has 5 nitrogen and oxygen atoms in total. The maximum Gasteiger partial charge on any atom is 0.256 e. The van der Waals surface area contributed by atoms with Crippen molar-refractivity contribution in [1.82, 2.24) is 5.32 Å². The third-order valence-corrected chi connectivity index (χ3v) is 4.72. The van der Waals surface area contributed by atoms with Gasteiger partial charge in [0, 0.05) is 23.2 Å². The highest BCUT2D eigenvalue weighted by molar-refractivity contribution is 9.10. The molecule has 1 fully saturated rings. The van der Waals surface area contributed by atoms with Crippen molar-refractivity contribution < 1.29 is 14.0 Å². The van der Waals surface area contributed by atoms with Crippen molar-refractivity contribution in [2.24, 2.45) is 0 Å². The van der Waals surface area contributed by atoms with E-state index in [9.17, 15) is 14.0 Å². The molecule has 1 aliphatic rings. The number of carbonyl (C=O) groups excluding carboxylic acids is 2. The summed E-state index contributed by atoms with van der Waals surface area (Å²) in [7, 11) is 0. The number of halogens is 3. The molecule has 0 aromatic heterocycles. The number of anilines is 2. The topological polar surface area (TPSA) is 61.4 Å². The molecule has 0 bridgehead atoms. The second-order valence-corrected chi connectivity index (χ2v) is 6.78. The van der Waals surface area contributed by atoms with E-state index < -0.39 is 5.82 Å². The average Bonchev–Trinajstić information content (AvgIpc) is 2.54. The molecule has 0 aliphatic carbocycles. The smallest absolute Gasteiger partial charge is 0.256 e. The number of hydrogen-bond acceptors (Lipinski definition) is 3. The highest BCUT2D eigenvalue weighted by Gasteiger charge is 2.19. The van der Waals surface area contributed by atoms with Crippen LogP contribution in [0.3, 0.4) is 0 Å². The largest absolute Gasteiger partial charge is 0.359 e. The van der Waals surface area contributed by atoms with E-state index in [2.05, 4.69) is 26.6 Å². The zero-order valence-corrected chi connectivity index (χ0v) is 15.3. The summed E-state index contributed by atoms with van der Waals surface area (Å²) < 4.78 is 13.5. The van der Waals surface area contributed by atoms with Crippen molar-refractivity contribution >= 4 is 50.7 Å². The van der Waals surface area contributed by atoms with E-state index >= 15 is 0 Å². The summed E-state index contributed by atoms with van der Waals surface area (Å²) >= 11 is 9.48. The van der Waals surface area contributed by atoms with Gasteiger partial charge in [0.2, 0.25) is 5.91 Å². The molecule has 1 heterocycles. The molecule has 2 aromatic rings. The predicted octanol–water partition coefficient (Wildman–Crippen LogP) is 3.43. The summed E-state index contributed by atoms with van der Waals surface area (Å²) in [5, 5.41) is 5.91. The fourth-order valence-electron chi connectivity index (χ4n) is 2.56. The summed E-state index contributed by atoms with van der Waals surface area (Å²) in [4.78, 5) is 25.7. The molecule has 0 spiro atoms. The van der Waals surface area contributed by atoms with Crippen LogP contribution in [-0.4, -0.2) is 31.4 Å². The van der Waals surface area contributed by atoms with Gasteiger partial charge in [-0.05, 0) is 52.3 Å². The van der Waals surface area contributed by atoms with Crippen LogP contribution in [0.4, 0.5) is 15.8 Å². The normalized spacial score (nSPS) is 14.2. The SMILES string of the molecule is O=C1CN(c2ccc(NC(=O)c3ccc(F)cc3Br)cc2Cl)CCN1. The van der Waals surface area contributed by atoms with Gasteiger partial charge in [0.05, 0.1) is 22.8 Å². The predicted molar refractivity (Wildman–Crippen MR) is 98.7 cm³/mol. The quantitative estimate of drug-likeness (QED) is 0.790. The molecule has 1 saturated heterocycles. The summed E-state index contributed by atoms with van der Waals surface area (Å²) in [5.74, 6) is -0.865. The summed E-state index contributed by atoms with van der Waals surface area (Å²) in [6.45, 7) is 1.47. The molecule has 25 heavy (non-hydrogen) atoms. The van der Waals surface area contributed by atoms with Crippen molar-refractivity contribution in [3.8, 4) is 0 Å². The van der Waals surface area contributed by atoms with Gasteiger partial charge in [0.25, 0.3) is 5.91 Å². The monoisotopic (exact) mass is 425 g/mol. The summed E-state index contributed by atoms with van der Waals surface area (Å²) in [6.07, 6.45) is 0. The Morgan fingerprint density at radius 1 is 1.28 bits per heavy atom. The highest BCUT2D eigenvalue weighted by atomic mass is 79.9. The average molecular weight is 427 g/mol. The van der Waals surface area contributed by atoms with E-state index in [0.717, 1.165) is 5.69 Å². The zero-order valence-electron chi connectivity index (χ0n) is 13.0. The van der Waals surface area contributed by atoms with Gasteiger partial charge in [-0.25, -0.2) is 4.39 Å². The van der Waals surface area contributed by atoms with Gasteiger partial charge in [0.1, 0.15) is 5.82 Å². The Kier molecular flexibility index (Phi) is 5.24. The van der Waals surface area contributed by atoms with E-state index in [1.54, 1.807) is 18.2 Å². The van der Waals surface area contributed by atoms with E-state index in [1.807, 2.05) is 4.90 Å². The van der Waals surface area contributed by atoms with E-state index in [-0.39, 0.29) is 18.4 Å². The van der Waals surface area contributed by atoms with Crippen molar-refractivity contribution in [1.29, 1.82) is 0 Å². The Morgan fingerprint density at radius 3 is 2.76 bits per heavy atom. The maximum atomic E-state index is 13.1. The first-order valence-corrected chi connectivity index (χ1v) is 8.69. The fraction of sp³-hybridized carbons (Fsp3) is 0.176. The Bertz CT molecular complexity index is 847. The number of nitrogens with one attached hydrogen (secondary N) is 2.